The molecule has 1 aliphatic heterocycles. The lowest BCUT2D eigenvalue weighted by Gasteiger charge is -2.41. The number of nitrogens with one attached hydrogen (secondary N) is 1. The van der Waals surface area contributed by atoms with Crippen molar-refractivity contribution in [3.8, 4) is 0 Å². The van der Waals surface area contributed by atoms with Crippen molar-refractivity contribution in [3.63, 3.8) is 0 Å². The van der Waals surface area contributed by atoms with Crippen LogP contribution in [-0.2, 0) is 4.74 Å². The number of H-pyrrole nitrogens is 1. The van der Waals surface area contributed by atoms with Gasteiger partial charge in [-0.1, -0.05) is 0 Å². The highest BCUT2D eigenvalue weighted by molar-refractivity contribution is 5.92. The molecule has 1 aliphatic carbocycles. The van der Waals surface area contributed by atoms with Gasteiger partial charge in [-0.15, -0.1) is 0 Å². The minimum absolute atomic E-state index is 0.0295. The summed E-state index contributed by atoms with van der Waals surface area (Å²) in [4.78, 5) is 14.5. The fourth-order valence-corrected chi connectivity index (χ4v) is 3.32. The van der Waals surface area contributed by atoms with Gasteiger partial charge in [-0.25, -0.2) is 0 Å². The number of ether oxygens (including phenoxy) is 1. The van der Waals surface area contributed by atoms with Gasteiger partial charge in [0.1, 0.15) is 5.69 Å². The molecular formula is C16H25N3O3. The van der Waals surface area contributed by atoms with Gasteiger partial charge in [0.05, 0.1) is 6.61 Å². The minimum atomic E-state index is -0.237. The maximum Gasteiger partial charge on any atom is 0.274 e. The molecule has 2 heterocycles. The zero-order valence-corrected chi connectivity index (χ0v) is 13.2. The number of hydrogen-bond acceptors (Lipinski definition) is 4. The first-order valence-electron chi connectivity index (χ1n) is 8.12. The second kappa shape index (κ2) is 6.38. The van der Waals surface area contributed by atoms with Crippen molar-refractivity contribution in [2.24, 2.45) is 5.41 Å². The molecule has 2 N–H and O–H groups in total. The van der Waals surface area contributed by atoms with Crippen LogP contribution in [0.25, 0.3) is 0 Å². The number of carbonyl (C=O) groups excluding carboxylic acids is 1. The molecule has 1 amide bonds. The van der Waals surface area contributed by atoms with Crippen LogP contribution in [0.2, 0.25) is 0 Å². The first-order chi connectivity index (χ1) is 10.7. The Hall–Kier alpha value is -1.40. The number of amides is 1. The molecular weight excluding hydrogens is 282 g/mol. The highest BCUT2D eigenvalue weighted by atomic mass is 16.5. The lowest BCUT2D eigenvalue weighted by atomic mass is 9.78. The summed E-state index contributed by atoms with van der Waals surface area (Å²) in [6.45, 7) is 2.02. The highest BCUT2D eigenvalue weighted by Crippen LogP contribution is 2.39. The molecule has 6 heteroatoms. The number of nitrogens with zero attached hydrogens (tertiary/aromatic N) is 2. The van der Waals surface area contributed by atoms with Crippen molar-refractivity contribution in [2.45, 2.75) is 38.0 Å². The van der Waals surface area contributed by atoms with Crippen molar-refractivity contribution in [1.82, 2.24) is 15.1 Å². The molecule has 122 valence electrons. The summed E-state index contributed by atoms with van der Waals surface area (Å²) in [6.07, 6.45) is 4.99. The number of rotatable bonds is 6. The Morgan fingerprint density at radius 1 is 1.59 bits per heavy atom. The van der Waals surface area contributed by atoms with E-state index in [0.29, 0.717) is 24.8 Å². The Morgan fingerprint density at radius 2 is 2.41 bits per heavy atom. The zero-order valence-electron chi connectivity index (χ0n) is 13.2. The van der Waals surface area contributed by atoms with Crippen molar-refractivity contribution >= 4 is 5.91 Å². The van der Waals surface area contributed by atoms with Crippen LogP contribution in [-0.4, -0.2) is 59.5 Å². The van der Waals surface area contributed by atoms with Gasteiger partial charge < -0.3 is 14.7 Å². The second-order valence-electron chi connectivity index (χ2n) is 6.71. The van der Waals surface area contributed by atoms with E-state index in [0.717, 1.165) is 31.5 Å². The summed E-state index contributed by atoms with van der Waals surface area (Å²) in [5.41, 5.74) is 1.34. The summed E-state index contributed by atoms with van der Waals surface area (Å²) in [5, 5.41) is 17.0. The standard InChI is InChI=1S/C16H25N3O3/c1-22-8-6-16(11-20)5-2-7-19(10-16)15(21)14-9-13(17-18-14)12-3-4-12/h9,12,20H,2-8,10-11H2,1H3,(H,17,18). The molecule has 2 aliphatic rings. The van der Waals surface area contributed by atoms with Gasteiger partial charge in [-0.05, 0) is 38.2 Å². The fourth-order valence-electron chi connectivity index (χ4n) is 3.32. The maximum atomic E-state index is 12.7. The van der Waals surface area contributed by atoms with E-state index in [9.17, 15) is 9.90 Å². The number of aromatic nitrogens is 2. The van der Waals surface area contributed by atoms with Crippen LogP contribution in [0.5, 0.6) is 0 Å². The molecule has 6 nitrogen and oxygen atoms in total. The average Bonchev–Trinajstić information content (AvgIpc) is 3.30. The van der Waals surface area contributed by atoms with Crippen LogP contribution in [0.1, 0.15) is 54.2 Å². The molecule has 0 radical (unpaired) electrons. The van der Waals surface area contributed by atoms with Crippen LogP contribution < -0.4 is 0 Å². The summed E-state index contributed by atoms with van der Waals surface area (Å²) < 4.78 is 5.16. The quantitative estimate of drug-likeness (QED) is 0.835. The third-order valence-electron chi connectivity index (χ3n) is 4.95. The molecule has 22 heavy (non-hydrogen) atoms. The normalized spacial score (nSPS) is 25.5. The van der Waals surface area contributed by atoms with Crippen LogP contribution in [0, 0.1) is 5.41 Å². The van der Waals surface area contributed by atoms with Gasteiger partial charge in [0.15, 0.2) is 0 Å². The van der Waals surface area contributed by atoms with Crippen molar-refractivity contribution in [3.05, 3.63) is 17.5 Å². The topological polar surface area (TPSA) is 78.5 Å². The fraction of sp³-hybridized carbons (Fsp3) is 0.750. The maximum absolute atomic E-state index is 12.7. The molecule has 3 rings (SSSR count). The van der Waals surface area contributed by atoms with Gasteiger partial charge >= 0.3 is 0 Å². The number of hydrogen-bond donors (Lipinski definition) is 2. The second-order valence-corrected chi connectivity index (χ2v) is 6.71. The summed E-state index contributed by atoms with van der Waals surface area (Å²) >= 11 is 0. The van der Waals surface area contributed by atoms with E-state index in [1.165, 1.54) is 12.8 Å². The van der Waals surface area contributed by atoms with E-state index in [1.54, 1.807) is 7.11 Å². The molecule has 2 fully saturated rings. The number of piperidine rings is 1. The molecule has 1 aromatic rings. The van der Waals surface area contributed by atoms with E-state index in [4.69, 9.17) is 4.74 Å². The SMILES string of the molecule is COCCC1(CO)CCCN(C(=O)c2cc(C3CC3)[nH]n2)C1. The third kappa shape index (κ3) is 3.17. The molecule has 1 atom stereocenters. The highest BCUT2D eigenvalue weighted by Gasteiger charge is 2.37. The Bertz CT molecular complexity index is 526. The molecule has 1 saturated heterocycles. The smallest absolute Gasteiger partial charge is 0.274 e. The van der Waals surface area contributed by atoms with Gasteiger partial charge in [-0.2, -0.15) is 5.10 Å². The summed E-state index contributed by atoms with van der Waals surface area (Å²) in [6, 6.07) is 1.89. The number of aliphatic hydroxyl groups excluding tert-OH is 1. The van der Waals surface area contributed by atoms with Gasteiger partial charge in [0, 0.05) is 43.8 Å². The first kappa shape index (κ1) is 15.5. The number of aromatic amines is 1. The van der Waals surface area contributed by atoms with Crippen molar-refractivity contribution in [1.29, 1.82) is 0 Å². The summed E-state index contributed by atoms with van der Waals surface area (Å²) in [5.74, 6) is 0.534. The lowest BCUT2D eigenvalue weighted by molar-refractivity contribution is 0.00873. The van der Waals surface area contributed by atoms with Crippen LogP contribution in [0.4, 0.5) is 0 Å². The molecule has 0 spiro atoms. The van der Waals surface area contributed by atoms with E-state index < -0.39 is 0 Å². The van der Waals surface area contributed by atoms with Crippen molar-refractivity contribution < 1.29 is 14.6 Å². The third-order valence-corrected chi connectivity index (χ3v) is 4.95. The Labute approximate surface area is 130 Å². The number of likely N-dealkylation sites (tertiary alicyclic amines) is 1. The summed E-state index contributed by atoms with van der Waals surface area (Å²) in [7, 11) is 1.67. The number of aliphatic hydroxyl groups is 1. The molecule has 1 aromatic heterocycles. The minimum Gasteiger partial charge on any atom is -0.396 e. The van der Waals surface area contributed by atoms with Gasteiger partial charge in [0.2, 0.25) is 0 Å². The van der Waals surface area contributed by atoms with Gasteiger partial charge in [0.25, 0.3) is 5.91 Å². The molecule has 0 aromatic carbocycles. The van der Waals surface area contributed by atoms with E-state index in [-0.39, 0.29) is 17.9 Å². The monoisotopic (exact) mass is 307 g/mol. The number of carbonyl (C=O) groups is 1. The molecule has 0 bridgehead atoms. The van der Waals surface area contributed by atoms with Crippen LogP contribution >= 0.6 is 0 Å². The predicted octanol–water partition coefficient (Wildman–Crippen LogP) is 1.54. The van der Waals surface area contributed by atoms with Crippen LogP contribution in [0.15, 0.2) is 6.07 Å². The zero-order chi connectivity index (χ0) is 15.6. The molecule has 1 unspecified atom stereocenters. The Kier molecular flexibility index (Phi) is 4.49. The first-order valence-corrected chi connectivity index (χ1v) is 8.12. The van der Waals surface area contributed by atoms with E-state index in [2.05, 4.69) is 10.2 Å². The average molecular weight is 307 g/mol. The van der Waals surface area contributed by atoms with E-state index in [1.807, 2.05) is 11.0 Å². The van der Waals surface area contributed by atoms with Gasteiger partial charge in [-0.3, -0.25) is 9.89 Å². The van der Waals surface area contributed by atoms with Crippen molar-refractivity contribution in [2.75, 3.05) is 33.4 Å². The Morgan fingerprint density at radius 3 is 3.09 bits per heavy atom. The lowest BCUT2D eigenvalue weighted by Crippen LogP contribution is -2.48. The predicted molar refractivity (Wildman–Crippen MR) is 81.7 cm³/mol. The van der Waals surface area contributed by atoms with E-state index >= 15 is 0 Å². The largest absolute Gasteiger partial charge is 0.396 e. The van der Waals surface area contributed by atoms with Crippen LogP contribution in [0.3, 0.4) is 0 Å². The molecule has 1 saturated carbocycles. The Balaban J connectivity index is 1.68. The number of methoxy groups -OCH3 is 1.